The van der Waals surface area contributed by atoms with Gasteiger partial charge in [-0.2, -0.15) is 0 Å². The summed E-state index contributed by atoms with van der Waals surface area (Å²) in [6, 6.07) is 7.18. The Hall–Kier alpha value is -1.81. The van der Waals surface area contributed by atoms with Gasteiger partial charge in [0.1, 0.15) is 11.6 Å². The molecule has 2 aromatic rings. The lowest BCUT2D eigenvalue weighted by Gasteiger charge is -2.12. The minimum atomic E-state index is -0.336. The Morgan fingerprint density at radius 2 is 2.15 bits per heavy atom. The van der Waals surface area contributed by atoms with Crippen LogP contribution in [0.5, 0.6) is 5.75 Å². The van der Waals surface area contributed by atoms with Crippen LogP contribution in [-0.2, 0) is 12.4 Å². The number of aromatic nitrogens is 1. The maximum Gasteiger partial charge on any atom is 0.141 e. The lowest BCUT2D eigenvalue weighted by atomic mass is 10.2. The molecule has 0 saturated carbocycles. The van der Waals surface area contributed by atoms with Gasteiger partial charge in [0.2, 0.25) is 0 Å². The van der Waals surface area contributed by atoms with E-state index in [9.17, 15) is 4.39 Å². The molecule has 0 aliphatic carbocycles. The SMILES string of the molecule is CCOc1ccc(NCc2cncc(F)c2)cc1CCl. The second kappa shape index (κ2) is 7.10. The number of rotatable bonds is 6. The summed E-state index contributed by atoms with van der Waals surface area (Å²) in [5, 5.41) is 3.21. The smallest absolute Gasteiger partial charge is 0.141 e. The first kappa shape index (κ1) is 14.6. The lowest BCUT2D eigenvalue weighted by molar-refractivity contribution is 0.337. The van der Waals surface area contributed by atoms with Crippen molar-refractivity contribution in [2.24, 2.45) is 0 Å². The number of nitrogens with zero attached hydrogens (tertiary/aromatic N) is 1. The first-order valence-corrected chi connectivity index (χ1v) is 6.91. The molecule has 0 aliphatic heterocycles. The Labute approximate surface area is 122 Å². The highest BCUT2D eigenvalue weighted by molar-refractivity contribution is 6.17. The molecular weight excluding hydrogens is 279 g/mol. The van der Waals surface area contributed by atoms with Gasteiger partial charge in [-0.1, -0.05) is 0 Å². The minimum absolute atomic E-state index is 0.336. The van der Waals surface area contributed by atoms with E-state index in [-0.39, 0.29) is 5.82 Å². The van der Waals surface area contributed by atoms with Gasteiger partial charge < -0.3 is 10.1 Å². The summed E-state index contributed by atoms with van der Waals surface area (Å²) >= 11 is 5.91. The molecule has 0 fully saturated rings. The van der Waals surface area contributed by atoms with E-state index in [2.05, 4.69) is 10.3 Å². The summed E-state index contributed by atoms with van der Waals surface area (Å²) in [5.74, 6) is 0.838. The molecule has 1 aromatic carbocycles. The van der Waals surface area contributed by atoms with E-state index < -0.39 is 0 Å². The summed E-state index contributed by atoms with van der Waals surface area (Å²) in [5.41, 5.74) is 2.62. The van der Waals surface area contributed by atoms with Gasteiger partial charge in [0.25, 0.3) is 0 Å². The van der Waals surface area contributed by atoms with Gasteiger partial charge in [-0.15, -0.1) is 11.6 Å². The second-order valence-electron chi connectivity index (χ2n) is 4.25. The van der Waals surface area contributed by atoms with E-state index in [1.165, 1.54) is 12.3 Å². The van der Waals surface area contributed by atoms with Crippen LogP contribution in [0.3, 0.4) is 0 Å². The number of halogens is 2. The highest BCUT2D eigenvalue weighted by Crippen LogP contribution is 2.24. The molecule has 0 radical (unpaired) electrons. The second-order valence-corrected chi connectivity index (χ2v) is 4.52. The summed E-state index contributed by atoms with van der Waals surface area (Å²) in [7, 11) is 0. The van der Waals surface area contributed by atoms with Crippen LogP contribution >= 0.6 is 11.6 Å². The van der Waals surface area contributed by atoms with E-state index in [0.717, 1.165) is 22.6 Å². The zero-order valence-electron chi connectivity index (χ0n) is 11.2. The van der Waals surface area contributed by atoms with E-state index >= 15 is 0 Å². The Bertz CT molecular complexity index is 578. The molecule has 20 heavy (non-hydrogen) atoms. The first-order chi connectivity index (χ1) is 9.72. The van der Waals surface area contributed by atoms with Gasteiger partial charge in [-0.05, 0) is 36.8 Å². The van der Waals surface area contributed by atoms with Crippen LogP contribution in [0.25, 0.3) is 0 Å². The fourth-order valence-corrected chi connectivity index (χ4v) is 2.06. The summed E-state index contributed by atoms with van der Waals surface area (Å²) in [6.45, 7) is 3.03. The molecule has 2 rings (SSSR count). The fraction of sp³-hybridized carbons (Fsp3) is 0.267. The van der Waals surface area contributed by atoms with E-state index in [4.69, 9.17) is 16.3 Å². The Balaban J connectivity index is 2.06. The maximum atomic E-state index is 13.0. The van der Waals surface area contributed by atoms with Crippen LogP contribution in [0.1, 0.15) is 18.1 Å². The first-order valence-electron chi connectivity index (χ1n) is 6.38. The van der Waals surface area contributed by atoms with Crippen LogP contribution in [0.4, 0.5) is 10.1 Å². The molecule has 0 spiro atoms. The monoisotopic (exact) mass is 294 g/mol. The molecule has 5 heteroatoms. The van der Waals surface area contributed by atoms with Gasteiger partial charge in [-0.25, -0.2) is 4.39 Å². The van der Waals surface area contributed by atoms with Gasteiger partial charge in [0.05, 0.1) is 18.7 Å². The van der Waals surface area contributed by atoms with Crippen molar-refractivity contribution in [3.05, 3.63) is 53.6 Å². The van der Waals surface area contributed by atoms with Crippen molar-refractivity contribution < 1.29 is 9.13 Å². The van der Waals surface area contributed by atoms with Crippen molar-refractivity contribution in [3.63, 3.8) is 0 Å². The molecule has 1 aromatic heterocycles. The Kier molecular flexibility index (Phi) is 5.18. The summed E-state index contributed by atoms with van der Waals surface area (Å²) in [4.78, 5) is 3.81. The average molecular weight is 295 g/mol. The number of hydrogen-bond acceptors (Lipinski definition) is 3. The number of pyridine rings is 1. The van der Waals surface area contributed by atoms with E-state index in [1.54, 1.807) is 6.20 Å². The lowest BCUT2D eigenvalue weighted by Crippen LogP contribution is -2.02. The molecule has 1 N–H and O–H groups in total. The normalized spacial score (nSPS) is 10.3. The molecule has 0 aliphatic rings. The van der Waals surface area contributed by atoms with Crippen molar-refractivity contribution >= 4 is 17.3 Å². The molecule has 106 valence electrons. The molecule has 0 amide bonds. The molecule has 3 nitrogen and oxygen atoms in total. The van der Waals surface area contributed by atoms with Gasteiger partial charge >= 0.3 is 0 Å². The van der Waals surface area contributed by atoms with Crippen molar-refractivity contribution in [1.82, 2.24) is 4.98 Å². The van der Waals surface area contributed by atoms with Crippen LogP contribution in [-0.4, -0.2) is 11.6 Å². The highest BCUT2D eigenvalue weighted by atomic mass is 35.5. The van der Waals surface area contributed by atoms with Crippen LogP contribution in [0.15, 0.2) is 36.7 Å². The fourth-order valence-electron chi connectivity index (χ4n) is 1.85. The highest BCUT2D eigenvalue weighted by Gasteiger charge is 2.04. The summed E-state index contributed by atoms with van der Waals surface area (Å²) < 4.78 is 18.5. The van der Waals surface area contributed by atoms with Crippen molar-refractivity contribution in [2.45, 2.75) is 19.3 Å². The van der Waals surface area contributed by atoms with Crippen LogP contribution in [0.2, 0.25) is 0 Å². The van der Waals surface area contributed by atoms with Crippen molar-refractivity contribution in [2.75, 3.05) is 11.9 Å². The van der Waals surface area contributed by atoms with Crippen LogP contribution in [0, 0.1) is 5.82 Å². The van der Waals surface area contributed by atoms with E-state index in [0.29, 0.717) is 19.0 Å². The Morgan fingerprint density at radius 1 is 1.30 bits per heavy atom. The number of anilines is 1. The number of hydrogen-bond donors (Lipinski definition) is 1. The molecule has 1 heterocycles. The largest absolute Gasteiger partial charge is 0.494 e. The predicted octanol–water partition coefficient (Wildman–Crippen LogP) is 3.97. The van der Waals surface area contributed by atoms with Gasteiger partial charge in [0.15, 0.2) is 0 Å². The predicted molar refractivity (Wildman–Crippen MR) is 78.7 cm³/mol. The molecular formula is C15H16ClFN2O. The van der Waals surface area contributed by atoms with Gasteiger partial charge in [0, 0.05) is 24.0 Å². The van der Waals surface area contributed by atoms with Crippen molar-refractivity contribution in [1.29, 1.82) is 0 Å². The number of ether oxygens (including phenoxy) is 1. The maximum absolute atomic E-state index is 13.0. The van der Waals surface area contributed by atoms with Crippen molar-refractivity contribution in [3.8, 4) is 5.75 Å². The molecule has 0 atom stereocenters. The van der Waals surface area contributed by atoms with Crippen LogP contribution < -0.4 is 10.1 Å². The topological polar surface area (TPSA) is 34.1 Å². The number of benzene rings is 1. The zero-order chi connectivity index (χ0) is 14.4. The molecule has 0 bridgehead atoms. The number of nitrogens with one attached hydrogen (secondary N) is 1. The summed E-state index contributed by atoms with van der Waals surface area (Å²) in [6.07, 6.45) is 2.82. The minimum Gasteiger partial charge on any atom is -0.494 e. The quantitative estimate of drug-likeness (QED) is 0.819. The van der Waals surface area contributed by atoms with Gasteiger partial charge in [-0.3, -0.25) is 4.98 Å². The molecule has 0 saturated heterocycles. The van der Waals surface area contributed by atoms with E-state index in [1.807, 2.05) is 25.1 Å². The zero-order valence-corrected chi connectivity index (χ0v) is 12.0. The third-order valence-electron chi connectivity index (χ3n) is 2.76. The standard InChI is InChI=1S/C15H16ClFN2O/c1-2-20-15-4-3-14(6-12(15)7-16)19-9-11-5-13(17)10-18-8-11/h3-6,8,10,19H,2,7,9H2,1H3. The third kappa shape index (κ3) is 3.84. The average Bonchev–Trinajstić information content (AvgIpc) is 2.46. The third-order valence-corrected chi connectivity index (χ3v) is 3.05. The molecule has 0 unspecified atom stereocenters. The Morgan fingerprint density at radius 3 is 2.85 bits per heavy atom. The number of alkyl halides is 1.